The number of benzene rings is 1. The standard InChI is InChI=1S/C10H11NS/c1-6-3-4-8-9(10(6)11)7(2)5-12-8/h3-5H,11H2,1-2H3. The van der Waals surface area contributed by atoms with Crippen molar-refractivity contribution in [3.05, 3.63) is 28.6 Å². The summed E-state index contributed by atoms with van der Waals surface area (Å²) in [5.41, 5.74) is 9.37. The van der Waals surface area contributed by atoms with Crippen molar-refractivity contribution in [1.29, 1.82) is 0 Å². The van der Waals surface area contributed by atoms with Crippen LogP contribution in [-0.4, -0.2) is 0 Å². The van der Waals surface area contributed by atoms with E-state index in [-0.39, 0.29) is 0 Å². The Morgan fingerprint density at radius 1 is 1.17 bits per heavy atom. The molecule has 0 fully saturated rings. The molecular formula is C10H11NS. The fourth-order valence-corrected chi connectivity index (χ4v) is 2.38. The van der Waals surface area contributed by atoms with Gasteiger partial charge >= 0.3 is 0 Å². The number of aryl methyl sites for hydroxylation is 2. The van der Waals surface area contributed by atoms with Gasteiger partial charge in [0.1, 0.15) is 0 Å². The summed E-state index contributed by atoms with van der Waals surface area (Å²) in [5.74, 6) is 0. The zero-order chi connectivity index (χ0) is 8.72. The van der Waals surface area contributed by atoms with Crippen molar-refractivity contribution in [3.8, 4) is 0 Å². The number of nitrogens with two attached hydrogens (primary N) is 1. The van der Waals surface area contributed by atoms with Crippen molar-refractivity contribution in [1.82, 2.24) is 0 Å². The Labute approximate surface area is 75.8 Å². The van der Waals surface area contributed by atoms with E-state index in [1.54, 1.807) is 11.3 Å². The Morgan fingerprint density at radius 3 is 2.67 bits per heavy atom. The zero-order valence-electron chi connectivity index (χ0n) is 7.22. The highest BCUT2D eigenvalue weighted by Gasteiger charge is 2.04. The first kappa shape index (κ1) is 7.62. The summed E-state index contributed by atoms with van der Waals surface area (Å²) in [5, 5.41) is 3.39. The Kier molecular flexibility index (Phi) is 1.58. The molecule has 0 unspecified atom stereocenters. The summed E-state index contributed by atoms with van der Waals surface area (Å²) < 4.78 is 1.29. The van der Waals surface area contributed by atoms with Crippen molar-refractivity contribution in [2.75, 3.05) is 5.73 Å². The Morgan fingerprint density at radius 2 is 1.92 bits per heavy atom. The van der Waals surface area contributed by atoms with Gasteiger partial charge in [0.05, 0.1) is 0 Å². The SMILES string of the molecule is Cc1ccc2scc(C)c2c1N. The summed E-state index contributed by atoms with van der Waals surface area (Å²) in [6, 6.07) is 4.21. The minimum absolute atomic E-state index is 0.936. The third kappa shape index (κ3) is 0.916. The number of anilines is 1. The number of nitrogen functional groups attached to an aromatic ring is 1. The highest BCUT2D eigenvalue weighted by atomic mass is 32.1. The van der Waals surface area contributed by atoms with E-state index in [0.29, 0.717) is 0 Å². The summed E-state index contributed by atoms with van der Waals surface area (Å²) in [7, 11) is 0. The van der Waals surface area contributed by atoms with Gasteiger partial charge in [0, 0.05) is 15.8 Å². The molecule has 62 valence electrons. The number of hydrogen-bond acceptors (Lipinski definition) is 2. The Bertz CT molecular complexity index is 429. The molecule has 2 heteroatoms. The quantitative estimate of drug-likeness (QED) is 0.615. The van der Waals surface area contributed by atoms with Gasteiger partial charge in [0.25, 0.3) is 0 Å². The molecule has 1 aromatic heterocycles. The van der Waals surface area contributed by atoms with E-state index in [1.807, 2.05) is 6.92 Å². The maximum atomic E-state index is 5.97. The van der Waals surface area contributed by atoms with Gasteiger partial charge in [0.15, 0.2) is 0 Å². The Balaban J connectivity index is 2.96. The molecule has 0 saturated carbocycles. The molecule has 1 aromatic carbocycles. The van der Waals surface area contributed by atoms with Crippen LogP contribution in [0.15, 0.2) is 17.5 Å². The molecule has 2 aromatic rings. The molecule has 0 amide bonds. The minimum Gasteiger partial charge on any atom is -0.398 e. The van der Waals surface area contributed by atoms with Crippen molar-refractivity contribution >= 4 is 27.1 Å². The minimum atomic E-state index is 0.936. The molecule has 0 spiro atoms. The van der Waals surface area contributed by atoms with Crippen LogP contribution in [-0.2, 0) is 0 Å². The van der Waals surface area contributed by atoms with Crippen LogP contribution in [0.1, 0.15) is 11.1 Å². The predicted octanol–water partition coefficient (Wildman–Crippen LogP) is 3.10. The molecule has 0 aliphatic rings. The molecule has 1 heterocycles. The predicted molar refractivity (Wildman–Crippen MR) is 55.7 cm³/mol. The summed E-state index contributed by atoms with van der Waals surface area (Å²) >= 11 is 1.76. The van der Waals surface area contributed by atoms with E-state index in [0.717, 1.165) is 5.69 Å². The topological polar surface area (TPSA) is 26.0 Å². The molecule has 0 saturated heterocycles. The molecule has 0 atom stereocenters. The number of hydrogen-bond donors (Lipinski definition) is 1. The van der Waals surface area contributed by atoms with E-state index in [1.165, 1.54) is 21.2 Å². The maximum Gasteiger partial charge on any atom is 0.0434 e. The third-order valence-electron chi connectivity index (χ3n) is 2.18. The molecule has 0 radical (unpaired) electrons. The lowest BCUT2D eigenvalue weighted by molar-refractivity contribution is 1.49. The van der Waals surface area contributed by atoms with Crippen LogP contribution in [0.5, 0.6) is 0 Å². The molecular weight excluding hydrogens is 166 g/mol. The van der Waals surface area contributed by atoms with Gasteiger partial charge in [-0.15, -0.1) is 11.3 Å². The van der Waals surface area contributed by atoms with Crippen molar-refractivity contribution < 1.29 is 0 Å². The van der Waals surface area contributed by atoms with Crippen LogP contribution < -0.4 is 5.73 Å². The maximum absolute atomic E-state index is 5.97. The number of rotatable bonds is 0. The lowest BCUT2D eigenvalue weighted by Crippen LogP contribution is -1.89. The molecule has 1 nitrogen and oxygen atoms in total. The molecule has 12 heavy (non-hydrogen) atoms. The average Bonchev–Trinajstić information content (AvgIpc) is 2.41. The first-order valence-electron chi connectivity index (χ1n) is 3.93. The first-order chi connectivity index (χ1) is 5.70. The second kappa shape index (κ2) is 2.49. The van der Waals surface area contributed by atoms with Crippen molar-refractivity contribution in [2.45, 2.75) is 13.8 Å². The van der Waals surface area contributed by atoms with Crippen LogP contribution in [0.2, 0.25) is 0 Å². The lowest BCUT2D eigenvalue weighted by Gasteiger charge is -2.01. The van der Waals surface area contributed by atoms with Gasteiger partial charge in [0.2, 0.25) is 0 Å². The smallest absolute Gasteiger partial charge is 0.0434 e. The van der Waals surface area contributed by atoms with Gasteiger partial charge in [-0.1, -0.05) is 6.07 Å². The number of fused-ring (bicyclic) bond motifs is 1. The normalized spacial score (nSPS) is 10.8. The zero-order valence-corrected chi connectivity index (χ0v) is 8.03. The Hall–Kier alpha value is -1.02. The van der Waals surface area contributed by atoms with E-state index in [2.05, 4.69) is 24.4 Å². The molecule has 0 bridgehead atoms. The molecule has 0 aliphatic heterocycles. The van der Waals surface area contributed by atoms with Crippen LogP contribution in [0.25, 0.3) is 10.1 Å². The van der Waals surface area contributed by atoms with Gasteiger partial charge in [-0.25, -0.2) is 0 Å². The fraction of sp³-hybridized carbons (Fsp3) is 0.200. The van der Waals surface area contributed by atoms with Gasteiger partial charge < -0.3 is 5.73 Å². The van der Waals surface area contributed by atoms with Crippen LogP contribution in [0, 0.1) is 13.8 Å². The van der Waals surface area contributed by atoms with Gasteiger partial charge in [-0.2, -0.15) is 0 Å². The van der Waals surface area contributed by atoms with Crippen LogP contribution >= 0.6 is 11.3 Å². The summed E-state index contributed by atoms with van der Waals surface area (Å²) in [4.78, 5) is 0. The molecule has 0 aliphatic carbocycles. The summed E-state index contributed by atoms with van der Waals surface area (Å²) in [6.45, 7) is 4.15. The van der Waals surface area contributed by atoms with Gasteiger partial charge in [-0.3, -0.25) is 0 Å². The van der Waals surface area contributed by atoms with E-state index >= 15 is 0 Å². The first-order valence-corrected chi connectivity index (χ1v) is 4.81. The third-order valence-corrected chi connectivity index (χ3v) is 3.25. The van der Waals surface area contributed by atoms with Crippen molar-refractivity contribution in [2.24, 2.45) is 0 Å². The van der Waals surface area contributed by atoms with Crippen molar-refractivity contribution in [3.63, 3.8) is 0 Å². The largest absolute Gasteiger partial charge is 0.398 e. The second-order valence-corrected chi connectivity index (χ2v) is 4.00. The average molecular weight is 177 g/mol. The fourth-order valence-electron chi connectivity index (χ4n) is 1.42. The summed E-state index contributed by atoms with van der Waals surface area (Å²) in [6.07, 6.45) is 0. The molecule has 2 rings (SSSR count). The van der Waals surface area contributed by atoms with E-state index in [4.69, 9.17) is 5.73 Å². The van der Waals surface area contributed by atoms with Crippen LogP contribution in [0.3, 0.4) is 0 Å². The lowest BCUT2D eigenvalue weighted by atomic mass is 10.1. The highest BCUT2D eigenvalue weighted by molar-refractivity contribution is 7.17. The highest BCUT2D eigenvalue weighted by Crippen LogP contribution is 2.31. The monoisotopic (exact) mass is 177 g/mol. The second-order valence-electron chi connectivity index (χ2n) is 3.09. The van der Waals surface area contributed by atoms with E-state index < -0.39 is 0 Å². The van der Waals surface area contributed by atoms with Crippen LogP contribution in [0.4, 0.5) is 5.69 Å². The van der Waals surface area contributed by atoms with E-state index in [9.17, 15) is 0 Å². The number of thiophene rings is 1. The molecule has 2 N–H and O–H groups in total. The van der Waals surface area contributed by atoms with Gasteiger partial charge in [-0.05, 0) is 36.4 Å².